The third-order valence-corrected chi connectivity index (χ3v) is 3.37. The van der Waals surface area contributed by atoms with Crippen molar-refractivity contribution >= 4 is 33.4 Å². The molecule has 3 N–H and O–H groups in total. The van der Waals surface area contributed by atoms with Crippen molar-refractivity contribution in [3.63, 3.8) is 0 Å². The fourth-order valence-corrected chi connectivity index (χ4v) is 1.82. The second-order valence-corrected chi connectivity index (χ2v) is 4.65. The van der Waals surface area contributed by atoms with Crippen molar-refractivity contribution < 1.29 is 0 Å². The predicted octanol–water partition coefficient (Wildman–Crippen LogP) is 3.18. The molecule has 0 aliphatic heterocycles. The van der Waals surface area contributed by atoms with E-state index in [-0.39, 0.29) is 5.95 Å². The van der Waals surface area contributed by atoms with E-state index in [1.54, 1.807) is 6.20 Å². The van der Waals surface area contributed by atoms with Gasteiger partial charge in [-0.2, -0.15) is 4.98 Å². The fraction of sp³-hybridized carbons (Fsp3) is 0.167. The van der Waals surface area contributed by atoms with Crippen molar-refractivity contribution in [2.75, 3.05) is 11.1 Å². The first-order valence-electron chi connectivity index (χ1n) is 5.19. The summed E-state index contributed by atoms with van der Waals surface area (Å²) < 4.78 is 1.06. The van der Waals surface area contributed by atoms with Gasteiger partial charge in [-0.15, -0.1) is 0 Å². The van der Waals surface area contributed by atoms with Crippen LogP contribution in [0, 0.1) is 13.8 Å². The van der Waals surface area contributed by atoms with E-state index in [0.717, 1.165) is 27.1 Å². The van der Waals surface area contributed by atoms with Gasteiger partial charge in [-0.3, -0.25) is 0 Å². The molecule has 0 bridgehead atoms. The monoisotopic (exact) mass is 292 g/mol. The van der Waals surface area contributed by atoms with Crippen molar-refractivity contribution in [3.05, 3.63) is 40.0 Å². The molecule has 0 fully saturated rings. The lowest BCUT2D eigenvalue weighted by molar-refractivity contribution is 1.14. The smallest absolute Gasteiger partial charge is 0.221 e. The van der Waals surface area contributed by atoms with Crippen LogP contribution in [-0.2, 0) is 0 Å². The highest BCUT2D eigenvalue weighted by Crippen LogP contribution is 2.26. The van der Waals surface area contributed by atoms with Gasteiger partial charge in [0.1, 0.15) is 5.82 Å². The summed E-state index contributed by atoms with van der Waals surface area (Å²) in [5, 5.41) is 3.26. The quantitative estimate of drug-likeness (QED) is 0.892. The standard InChI is InChI=1S/C12H13BrN4/c1-7-6-15-12(14)17-11(7)16-10-5-3-4-9(13)8(10)2/h3-6H,1-2H3,(H3,14,15,16,17). The van der Waals surface area contributed by atoms with Crippen LogP contribution in [0.2, 0.25) is 0 Å². The number of nitrogen functional groups attached to an aromatic ring is 1. The Kier molecular flexibility index (Phi) is 3.28. The maximum atomic E-state index is 5.58. The van der Waals surface area contributed by atoms with Crippen molar-refractivity contribution in [2.45, 2.75) is 13.8 Å². The summed E-state index contributed by atoms with van der Waals surface area (Å²) in [6, 6.07) is 5.97. The Morgan fingerprint density at radius 1 is 1.29 bits per heavy atom. The van der Waals surface area contributed by atoms with E-state index in [1.165, 1.54) is 0 Å². The van der Waals surface area contributed by atoms with Crippen LogP contribution in [0.4, 0.5) is 17.5 Å². The highest BCUT2D eigenvalue weighted by Gasteiger charge is 2.05. The Morgan fingerprint density at radius 2 is 2.06 bits per heavy atom. The lowest BCUT2D eigenvalue weighted by atomic mass is 10.2. The van der Waals surface area contributed by atoms with Crippen molar-refractivity contribution in [1.29, 1.82) is 0 Å². The van der Waals surface area contributed by atoms with Crippen LogP contribution in [-0.4, -0.2) is 9.97 Å². The summed E-state index contributed by atoms with van der Waals surface area (Å²) in [6.07, 6.45) is 1.71. The first-order chi connectivity index (χ1) is 8.08. The van der Waals surface area contributed by atoms with Gasteiger partial charge < -0.3 is 11.1 Å². The van der Waals surface area contributed by atoms with Crippen LogP contribution in [0.5, 0.6) is 0 Å². The number of aryl methyl sites for hydroxylation is 1. The number of nitrogens with two attached hydrogens (primary N) is 1. The topological polar surface area (TPSA) is 63.8 Å². The van der Waals surface area contributed by atoms with Crippen LogP contribution < -0.4 is 11.1 Å². The third-order valence-electron chi connectivity index (χ3n) is 2.51. The van der Waals surface area contributed by atoms with E-state index in [4.69, 9.17) is 5.73 Å². The number of benzene rings is 1. The molecule has 1 aromatic heterocycles. The lowest BCUT2D eigenvalue weighted by Gasteiger charge is -2.11. The van der Waals surface area contributed by atoms with Gasteiger partial charge in [0, 0.05) is 21.9 Å². The molecule has 2 rings (SSSR count). The van der Waals surface area contributed by atoms with Crippen LogP contribution in [0.1, 0.15) is 11.1 Å². The normalized spacial score (nSPS) is 10.3. The molecule has 17 heavy (non-hydrogen) atoms. The summed E-state index contributed by atoms with van der Waals surface area (Å²) in [6.45, 7) is 3.97. The second kappa shape index (κ2) is 4.71. The summed E-state index contributed by atoms with van der Waals surface area (Å²) in [4.78, 5) is 8.12. The molecule has 0 aliphatic rings. The Labute approximate surface area is 108 Å². The Hall–Kier alpha value is -1.62. The number of aromatic nitrogens is 2. The van der Waals surface area contributed by atoms with Gasteiger partial charge in [-0.05, 0) is 31.5 Å². The van der Waals surface area contributed by atoms with E-state index in [0.29, 0.717) is 0 Å². The summed E-state index contributed by atoms with van der Waals surface area (Å²) in [5.41, 5.74) is 8.66. The first kappa shape index (κ1) is 11.9. The van der Waals surface area contributed by atoms with E-state index >= 15 is 0 Å². The molecule has 0 saturated heterocycles. The minimum atomic E-state index is 0.269. The number of rotatable bonds is 2. The second-order valence-electron chi connectivity index (χ2n) is 3.80. The number of nitrogens with one attached hydrogen (secondary N) is 1. The maximum absolute atomic E-state index is 5.58. The molecule has 5 heteroatoms. The van der Waals surface area contributed by atoms with Crippen molar-refractivity contribution in [2.24, 2.45) is 0 Å². The molecule has 0 spiro atoms. The van der Waals surface area contributed by atoms with E-state index in [2.05, 4.69) is 31.2 Å². The van der Waals surface area contributed by atoms with E-state index < -0.39 is 0 Å². The Balaban J connectivity index is 2.38. The molecule has 1 heterocycles. The van der Waals surface area contributed by atoms with E-state index in [1.807, 2.05) is 32.0 Å². The minimum absolute atomic E-state index is 0.269. The predicted molar refractivity (Wildman–Crippen MR) is 73.3 cm³/mol. The van der Waals surface area contributed by atoms with Gasteiger partial charge in [-0.25, -0.2) is 4.98 Å². The molecule has 0 atom stereocenters. The highest BCUT2D eigenvalue weighted by molar-refractivity contribution is 9.10. The highest BCUT2D eigenvalue weighted by atomic mass is 79.9. The van der Waals surface area contributed by atoms with Gasteiger partial charge in [0.05, 0.1) is 0 Å². The number of anilines is 3. The number of hydrogen-bond acceptors (Lipinski definition) is 4. The molecule has 1 aromatic carbocycles. The maximum Gasteiger partial charge on any atom is 0.221 e. The molecule has 0 saturated carbocycles. The first-order valence-corrected chi connectivity index (χ1v) is 5.98. The third kappa shape index (κ3) is 2.55. The molecule has 0 radical (unpaired) electrons. The molecule has 88 valence electrons. The van der Waals surface area contributed by atoms with Crippen molar-refractivity contribution in [3.8, 4) is 0 Å². The number of hydrogen-bond donors (Lipinski definition) is 2. The number of nitrogens with zero attached hydrogens (tertiary/aromatic N) is 2. The zero-order valence-corrected chi connectivity index (χ0v) is 11.2. The molecule has 0 unspecified atom stereocenters. The average Bonchev–Trinajstić information content (AvgIpc) is 2.30. The molecule has 2 aromatic rings. The van der Waals surface area contributed by atoms with Gasteiger partial charge in [0.15, 0.2) is 0 Å². The molecular weight excluding hydrogens is 280 g/mol. The zero-order chi connectivity index (χ0) is 12.4. The van der Waals surface area contributed by atoms with Crippen molar-refractivity contribution in [1.82, 2.24) is 9.97 Å². The van der Waals surface area contributed by atoms with Crippen LogP contribution in [0.15, 0.2) is 28.9 Å². The van der Waals surface area contributed by atoms with E-state index in [9.17, 15) is 0 Å². The van der Waals surface area contributed by atoms with Crippen LogP contribution in [0.3, 0.4) is 0 Å². The van der Waals surface area contributed by atoms with Crippen LogP contribution >= 0.6 is 15.9 Å². The lowest BCUT2D eigenvalue weighted by Crippen LogP contribution is -2.02. The Bertz CT molecular complexity index is 554. The molecule has 4 nitrogen and oxygen atoms in total. The summed E-state index contributed by atoms with van der Waals surface area (Å²) in [7, 11) is 0. The Morgan fingerprint density at radius 3 is 2.82 bits per heavy atom. The molecule has 0 amide bonds. The molecule has 0 aliphatic carbocycles. The van der Waals surface area contributed by atoms with Gasteiger partial charge in [0.25, 0.3) is 0 Å². The van der Waals surface area contributed by atoms with Crippen LogP contribution in [0.25, 0.3) is 0 Å². The largest absolute Gasteiger partial charge is 0.368 e. The van der Waals surface area contributed by atoms with Gasteiger partial charge in [0.2, 0.25) is 5.95 Å². The summed E-state index contributed by atoms with van der Waals surface area (Å²) in [5.74, 6) is 1.00. The summed E-state index contributed by atoms with van der Waals surface area (Å²) >= 11 is 3.49. The fourth-order valence-electron chi connectivity index (χ4n) is 1.45. The minimum Gasteiger partial charge on any atom is -0.368 e. The molecular formula is C12H13BrN4. The van der Waals surface area contributed by atoms with Gasteiger partial charge in [-0.1, -0.05) is 22.0 Å². The average molecular weight is 293 g/mol. The SMILES string of the molecule is Cc1cnc(N)nc1Nc1cccc(Br)c1C. The van der Waals surface area contributed by atoms with Gasteiger partial charge >= 0.3 is 0 Å². The number of halogens is 1. The zero-order valence-electron chi connectivity index (χ0n) is 9.66.